The Kier molecular flexibility index (Phi) is 5.70. The van der Waals surface area contributed by atoms with Gasteiger partial charge in [0.2, 0.25) is 0 Å². The number of nitrogens with zero attached hydrogens (tertiary/aromatic N) is 1. The standard InChI is InChI=1S/C15H21ClN2O3/c1-11-5-7-21-8-6-18(11)15(19)17-10-12-9-13(16)3-4-14(12)20-2/h3-4,9,11H,5-8,10H2,1-2H3,(H,17,19)/t11-/m0/s1. The van der Waals surface area contributed by atoms with E-state index in [9.17, 15) is 4.79 Å². The quantitative estimate of drug-likeness (QED) is 0.933. The molecular weight excluding hydrogens is 292 g/mol. The molecule has 1 aromatic rings. The Morgan fingerprint density at radius 3 is 3.10 bits per heavy atom. The summed E-state index contributed by atoms with van der Waals surface area (Å²) in [5, 5.41) is 3.54. The van der Waals surface area contributed by atoms with Crippen molar-refractivity contribution >= 4 is 17.6 Å². The molecule has 5 nitrogen and oxygen atoms in total. The number of hydrogen-bond donors (Lipinski definition) is 1. The predicted molar refractivity (Wildman–Crippen MR) is 81.8 cm³/mol. The molecule has 1 saturated heterocycles. The first-order valence-corrected chi connectivity index (χ1v) is 7.44. The Bertz CT molecular complexity index is 496. The van der Waals surface area contributed by atoms with Crippen LogP contribution in [-0.4, -0.2) is 43.8 Å². The van der Waals surface area contributed by atoms with Crippen LogP contribution in [0.1, 0.15) is 18.9 Å². The van der Waals surface area contributed by atoms with E-state index in [1.165, 1.54) is 0 Å². The SMILES string of the molecule is COc1ccc(Cl)cc1CNC(=O)N1CCOCC[C@@H]1C. The summed E-state index contributed by atoms with van der Waals surface area (Å²) in [5.74, 6) is 0.715. The first-order chi connectivity index (χ1) is 10.1. The van der Waals surface area contributed by atoms with Crippen LogP contribution in [0, 0.1) is 0 Å². The number of carbonyl (C=O) groups excluding carboxylic acids is 1. The van der Waals surface area contributed by atoms with E-state index < -0.39 is 0 Å². The van der Waals surface area contributed by atoms with Gasteiger partial charge in [-0.25, -0.2) is 4.79 Å². The fraction of sp³-hybridized carbons (Fsp3) is 0.533. The van der Waals surface area contributed by atoms with E-state index in [0.717, 1.165) is 12.0 Å². The molecule has 1 aliphatic heterocycles. The lowest BCUT2D eigenvalue weighted by Gasteiger charge is -2.26. The predicted octanol–water partition coefficient (Wildman–Crippen LogP) is 2.67. The molecule has 2 amide bonds. The minimum absolute atomic E-state index is 0.0879. The summed E-state index contributed by atoms with van der Waals surface area (Å²) in [7, 11) is 1.60. The highest BCUT2D eigenvalue weighted by Gasteiger charge is 2.22. The van der Waals surface area contributed by atoms with E-state index in [1.54, 1.807) is 25.3 Å². The molecule has 1 atom stereocenters. The average Bonchev–Trinajstić information content (AvgIpc) is 2.69. The number of halogens is 1. The number of rotatable bonds is 3. The van der Waals surface area contributed by atoms with Crippen molar-refractivity contribution in [3.05, 3.63) is 28.8 Å². The highest BCUT2D eigenvalue weighted by Crippen LogP contribution is 2.22. The lowest BCUT2D eigenvalue weighted by atomic mass is 10.2. The van der Waals surface area contributed by atoms with Gasteiger partial charge >= 0.3 is 6.03 Å². The van der Waals surface area contributed by atoms with Gasteiger partial charge in [-0.05, 0) is 31.5 Å². The van der Waals surface area contributed by atoms with Gasteiger partial charge in [-0.2, -0.15) is 0 Å². The van der Waals surface area contributed by atoms with Crippen molar-refractivity contribution in [1.82, 2.24) is 10.2 Å². The van der Waals surface area contributed by atoms with Crippen molar-refractivity contribution in [3.8, 4) is 5.75 Å². The van der Waals surface area contributed by atoms with Crippen molar-refractivity contribution in [2.75, 3.05) is 26.9 Å². The van der Waals surface area contributed by atoms with Gasteiger partial charge in [-0.1, -0.05) is 11.6 Å². The second-order valence-corrected chi connectivity index (χ2v) is 5.49. The van der Waals surface area contributed by atoms with Crippen LogP contribution in [0.15, 0.2) is 18.2 Å². The number of benzene rings is 1. The lowest BCUT2D eigenvalue weighted by molar-refractivity contribution is 0.142. The fourth-order valence-corrected chi connectivity index (χ4v) is 2.55. The number of nitrogens with one attached hydrogen (secondary N) is 1. The summed E-state index contributed by atoms with van der Waals surface area (Å²) in [6.07, 6.45) is 0.855. The molecule has 0 bridgehead atoms. The number of carbonyl (C=O) groups is 1. The first kappa shape index (κ1) is 15.9. The second kappa shape index (κ2) is 7.52. The van der Waals surface area contributed by atoms with Crippen LogP contribution in [0.25, 0.3) is 0 Å². The van der Waals surface area contributed by atoms with E-state index in [0.29, 0.717) is 37.1 Å². The van der Waals surface area contributed by atoms with Crippen LogP contribution in [0.2, 0.25) is 5.02 Å². The molecule has 0 radical (unpaired) electrons. The largest absolute Gasteiger partial charge is 0.496 e. The van der Waals surface area contributed by atoms with E-state index in [2.05, 4.69) is 5.32 Å². The number of methoxy groups -OCH3 is 1. The fourth-order valence-electron chi connectivity index (χ4n) is 2.35. The monoisotopic (exact) mass is 312 g/mol. The summed E-state index contributed by atoms with van der Waals surface area (Å²) in [6.45, 7) is 4.31. The molecule has 1 aromatic carbocycles. The summed E-state index contributed by atoms with van der Waals surface area (Å²) >= 11 is 5.99. The topological polar surface area (TPSA) is 50.8 Å². The van der Waals surface area contributed by atoms with Gasteiger partial charge in [0.25, 0.3) is 0 Å². The van der Waals surface area contributed by atoms with Gasteiger partial charge in [0, 0.05) is 36.3 Å². The molecule has 0 aliphatic carbocycles. The van der Waals surface area contributed by atoms with Gasteiger partial charge in [-0.15, -0.1) is 0 Å². The molecule has 1 aliphatic rings. The van der Waals surface area contributed by atoms with Crippen molar-refractivity contribution in [3.63, 3.8) is 0 Å². The number of ether oxygens (including phenoxy) is 2. The van der Waals surface area contributed by atoms with Crippen molar-refractivity contribution in [2.45, 2.75) is 25.9 Å². The van der Waals surface area contributed by atoms with Gasteiger partial charge in [0.1, 0.15) is 5.75 Å². The van der Waals surface area contributed by atoms with E-state index in [-0.39, 0.29) is 12.1 Å². The normalized spacial score (nSPS) is 19.0. The van der Waals surface area contributed by atoms with Crippen LogP contribution < -0.4 is 10.1 Å². The Labute approximate surface area is 130 Å². The van der Waals surface area contributed by atoms with Crippen LogP contribution in [0.5, 0.6) is 5.75 Å². The molecule has 116 valence electrons. The Hall–Kier alpha value is -1.46. The number of hydrogen-bond acceptors (Lipinski definition) is 3. The highest BCUT2D eigenvalue weighted by molar-refractivity contribution is 6.30. The van der Waals surface area contributed by atoms with Crippen molar-refractivity contribution in [2.24, 2.45) is 0 Å². The zero-order chi connectivity index (χ0) is 15.2. The second-order valence-electron chi connectivity index (χ2n) is 5.06. The van der Waals surface area contributed by atoms with Gasteiger partial charge in [-0.3, -0.25) is 0 Å². The van der Waals surface area contributed by atoms with Gasteiger partial charge in [0.15, 0.2) is 0 Å². The molecule has 21 heavy (non-hydrogen) atoms. The van der Waals surface area contributed by atoms with Crippen LogP contribution in [-0.2, 0) is 11.3 Å². The maximum absolute atomic E-state index is 12.3. The minimum atomic E-state index is -0.0879. The van der Waals surface area contributed by atoms with E-state index >= 15 is 0 Å². The molecule has 0 unspecified atom stereocenters. The average molecular weight is 313 g/mol. The number of amides is 2. The van der Waals surface area contributed by atoms with Crippen LogP contribution >= 0.6 is 11.6 Å². The molecule has 0 saturated carbocycles. The minimum Gasteiger partial charge on any atom is -0.496 e. The first-order valence-electron chi connectivity index (χ1n) is 7.06. The highest BCUT2D eigenvalue weighted by atomic mass is 35.5. The maximum atomic E-state index is 12.3. The Morgan fingerprint density at radius 2 is 2.33 bits per heavy atom. The molecular formula is C15H21ClN2O3. The zero-order valence-electron chi connectivity index (χ0n) is 12.4. The Balaban J connectivity index is 1.98. The molecule has 1 N–H and O–H groups in total. The van der Waals surface area contributed by atoms with Crippen LogP contribution in [0.4, 0.5) is 4.79 Å². The van der Waals surface area contributed by atoms with E-state index in [4.69, 9.17) is 21.1 Å². The molecule has 0 spiro atoms. The molecule has 6 heteroatoms. The summed E-state index contributed by atoms with van der Waals surface area (Å²) in [5.41, 5.74) is 0.858. The van der Waals surface area contributed by atoms with Crippen molar-refractivity contribution in [1.29, 1.82) is 0 Å². The van der Waals surface area contributed by atoms with Crippen molar-refractivity contribution < 1.29 is 14.3 Å². The molecule has 0 aromatic heterocycles. The lowest BCUT2D eigenvalue weighted by Crippen LogP contribution is -2.45. The third-order valence-corrected chi connectivity index (χ3v) is 3.86. The van der Waals surface area contributed by atoms with Gasteiger partial charge < -0.3 is 19.7 Å². The summed E-state index contributed by atoms with van der Waals surface area (Å²) < 4.78 is 10.7. The maximum Gasteiger partial charge on any atom is 0.317 e. The zero-order valence-corrected chi connectivity index (χ0v) is 13.2. The van der Waals surface area contributed by atoms with Gasteiger partial charge in [0.05, 0.1) is 13.7 Å². The third kappa shape index (κ3) is 4.25. The molecule has 1 heterocycles. The molecule has 2 rings (SSSR count). The summed E-state index contributed by atoms with van der Waals surface area (Å²) in [4.78, 5) is 14.1. The number of urea groups is 1. The summed E-state index contributed by atoms with van der Waals surface area (Å²) in [6, 6.07) is 5.45. The smallest absolute Gasteiger partial charge is 0.317 e. The molecule has 1 fully saturated rings. The Morgan fingerprint density at radius 1 is 1.52 bits per heavy atom. The van der Waals surface area contributed by atoms with Crippen LogP contribution in [0.3, 0.4) is 0 Å². The van der Waals surface area contributed by atoms with E-state index in [1.807, 2.05) is 11.8 Å². The third-order valence-electron chi connectivity index (χ3n) is 3.62.